The first-order chi connectivity index (χ1) is 11.0. The largest absolute Gasteiger partial charge is 0.367 e. The predicted molar refractivity (Wildman–Crippen MR) is 95.0 cm³/mol. The first-order valence-corrected chi connectivity index (χ1v) is 8.81. The Balaban J connectivity index is 2.31. The first kappa shape index (κ1) is 17.2. The second-order valence-corrected chi connectivity index (χ2v) is 6.14. The van der Waals surface area contributed by atoms with Crippen LogP contribution in [0.2, 0.25) is 0 Å². The van der Waals surface area contributed by atoms with Crippen molar-refractivity contribution in [2.24, 2.45) is 0 Å². The Labute approximate surface area is 139 Å². The number of nitro benzene ring substituents is 1. The molecule has 0 aliphatic rings. The Kier molecular flexibility index (Phi) is 5.92. The van der Waals surface area contributed by atoms with E-state index in [0.717, 1.165) is 29.2 Å². The fraction of sp³-hybridized carbons (Fsp3) is 0.375. The predicted octanol–water partition coefficient (Wildman–Crippen LogP) is 3.78. The van der Waals surface area contributed by atoms with Crippen LogP contribution in [0.25, 0.3) is 11.4 Å². The molecule has 0 bridgehead atoms. The second kappa shape index (κ2) is 7.92. The molecule has 0 saturated carbocycles. The van der Waals surface area contributed by atoms with Crippen LogP contribution in [0.4, 0.5) is 11.5 Å². The lowest BCUT2D eigenvalue weighted by Gasteiger charge is -2.14. The zero-order chi connectivity index (χ0) is 16.8. The van der Waals surface area contributed by atoms with Crippen LogP contribution in [0.15, 0.2) is 30.3 Å². The Morgan fingerprint density at radius 3 is 2.57 bits per heavy atom. The topological polar surface area (TPSA) is 81.0 Å². The van der Waals surface area contributed by atoms with Crippen molar-refractivity contribution >= 4 is 23.3 Å². The molecule has 0 aliphatic heterocycles. The molecule has 1 unspecified atom stereocenters. The van der Waals surface area contributed by atoms with Crippen molar-refractivity contribution in [3.05, 3.63) is 46.1 Å². The Bertz CT molecular complexity index is 676. The average molecular weight is 332 g/mol. The van der Waals surface area contributed by atoms with Crippen molar-refractivity contribution in [2.45, 2.75) is 26.3 Å². The van der Waals surface area contributed by atoms with Gasteiger partial charge >= 0.3 is 0 Å². The number of benzene rings is 1. The molecule has 2 aromatic rings. The van der Waals surface area contributed by atoms with Crippen LogP contribution in [0, 0.1) is 10.1 Å². The minimum absolute atomic E-state index is 0.0623. The van der Waals surface area contributed by atoms with E-state index in [0.29, 0.717) is 11.9 Å². The van der Waals surface area contributed by atoms with Gasteiger partial charge in [0, 0.05) is 41.3 Å². The summed E-state index contributed by atoms with van der Waals surface area (Å²) in [6, 6.07) is 8.56. The van der Waals surface area contributed by atoms with Gasteiger partial charge in [-0.05, 0) is 31.7 Å². The van der Waals surface area contributed by atoms with Crippen LogP contribution in [0.5, 0.6) is 0 Å². The third-order valence-electron chi connectivity index (χ3n) is 3.29. The first-order valence-electron chi connectivity index (χ1n) is 7.41. The Morgan fingerprint density at radius 1 is 1.30 bits per heavy atom. The van der Waals surface area contributed by atoms with Gasteiger partial charge in [0.05, 0.1) is 4.92 Å². The molecular formula is C16H20N4O2S. The summed E-state index contributed by atoms with van der Waals surface area (Å²) in [6.07, 6.45) is 2.87. The average Bonchev–Trinajstić information content (AvgIpc) is 2.54. The van der Waals surface area contributed by atoms with E-state index in [2.05, 4.69) is 28.5 Å². The number of nitrogens with zero attached hydrogens (tertiary/aromatic N) is 3. The fourth-order valence-corrected chi connectivity index (χ4v) is 2.74. The Morgan fingerprint density at radius 2 is 2.00 bits per heavy atom. The number of anilines is 1. The van der Waals surface area contributed by atoms with Crippen molar-refractivity contribution in [2.75, 3.05) is 17.3 Å². The molecule has 2 rings (SSSR count). The SMILES string of the molecule is CCc1cc(NC(C)CSC)nc(-c2ccc([N+](=O)[O-])cc2)n1. The van der Waals surface area contributed by atoms with Gasteiger partial charge in [0.15, 0.2) is 5.82 Å². The van der Waals surface area contributed by atoms with Gasteiger partial charge in [-0.25, -0.2) is 9.97 Å². The van der Waals surface area contributed by atoms with E-state index in [4.69, 9.17) is 0 Å². The molecule has 0 saturated heterocycles. The van der Waals surface area contributed by atoms with Crippen LogP contribution in [0.3, 0.4) is 0 Å². The number of non-ortho nitro benzene ring substituents is 1. The summed E-state index contributed by atoms with van der Waals surface area (Å²) in [7, 11) is 0. The van der Waals surface area contributed by atoms with Crippen molar-refractivity contribution < 1.29 is 4.92 Å². The van der Waals surface area contributed by atoms with E-state index < -0.39 is 4.92 Å². The maximum atomic E-state index is 10.7. The lowest BCUT2D eigenvalue weighted by Crippen LogP contribution is -2.19. The van der Waals surface area contributed by atoms with Crippen LogP contribution in [-0.2, 0) is 6.42 Å². The maximum absolute atomic E-state index is 10.7. The molecule has 0 fully saturated rings. The molecule has 0 amide bonds. The maximum Gasteiger partial charge on any atom is 0.269 e. The van der Waals surface area contributed by atoms with Crippen LogP contribution >= 0.6 is 11.8 Å². The highest BCUT2D eigenvalue weighted by atomic mass is 32.2. The van der Waals surface area contributed by atoms with E-state index in [-0.39, 0.29) is 5.69 Å². The molecule has 6 nitrogen and oxygen atoms in total. The number of thioether (sulfide) groups is 1. The molecule has 0 radical (unpaired) electrons. The van der Waals surface area contributed by atoms with Gasteiger partial charge in [0.2, 0.25) is 0 Å². The summed E-state index contributed by atoms with van der Waals surface area (Å²) >= 11 is 1.77. The normalized spacial score (nSPS) is 12.0. The van der Waals surface area contributed by atoms with Crippen molar-refractivity contribution in [1.29, 1.82) is 0 Å². The summed E-state index contributed by atoms with van der Waals surface area (Å²) in [5, 5.41) is 14.1. The zero-order valence-electron chi connectivity index (χ0n) is 13.4. The van der Waals surface area contributed by atoms with Gasteiger partial charge in [0.25, 0.3) is 5.69 Å². The summed E-state index contributed by atoms with van der Waals surface area (Å²) in [5.74, 6) is 2.35. The minimum atomic E-state index is -0.413. The van der Waals surface area contributed by atoms with Crippen molar-refractivity contribution in [3.63, 3.8) is 0 Å². The number of hydrogen-bond acceptors (Lipinski definition) is 6. The Hall–Kier alpha value is -2.15. The smallest absolute Gasteiger partial charge is 0.269 e. The van der Waals surface area contributed by atoms with Crippen molar-refractivity contribution in [3.8, 4) is 11.4 Å². The molecule has 7 heteroatoms. The summed E-state index contributed by atoms with van der Waals surface area (Å²) in [4.78, 5) is 19.4. The quantitative estimate of drug-likeness (QED) is 0.614. The van der Waals surface area contributed by atoms with Crippen LogP contribution in [-0.4, -0.2) is 32.9 Å². The lowest BCUT2D eigenvalue weighted by molar-refractivity contribution is -0.384. The third kappa shape index (κ3) is 4.66. The van der Waals surface area contributed by atoms with Crippen LogP contribution in [0.1, 0.15) is 19.5 Å². The highest BCUT2D eigenvalue weighted by Crippen LogP contribution is 2.22. The summed E-state index contributed by atoms with van der Waals surface area (Å²) < 4.78 is 0. The zero-order valence-corrected chi connectivity index (χ0v) is 14.3. The molecule has 1 aromatic carbocycles. The van der Waals surface area contributed by atoms with Crippen LogP contribution < -0.4 is 5.32 Å². The number of rotatable bonds is 7. The molecule has 23 heavy (non-hydrogen) atoms. The minimum Gasteiger partial charge on any atom is -0.367 e. The highest BCUT2D eigenvalue weighted by molar-refractivity contribution is 7.98. The molecule has 1 aromatic heterocycles. The van der Waals surface area contributed by atoms with Gasteiger partial charge in [-0.2, -0.15) is 11.8 Å². The molecule has 122 valence electrons. The standard InChI is InChI=1S/C16H20N4O2S/c1-4-13-9-15(17-11(2)10-23-3)19-16(18-13)12-5-7-14(8-6-12)20(21)22/h5-9,11H,4,10H2,1-3H3,(H,17,18,19). The molecule has 1 atom stereocenters. The van der Waals surface area contributed by atoms with E-state index in [1.807, 2.05) is 13.0 Å². The third-order valence-corrected chi connectivity index (χ3v) is 4.12. The second-order valence-electron chi connectivity index (χ2n) is 5.23. The van der Waals surface area contributed by atoms with E-state index in [1.54, 1.807) is 23.9 Å². The summed E-state index contributed by atoms with van der Waals surface area (Å²) in [6.45, 7) is 4.15. The number of hydrogen-bond donors (Lipinski definition) is 1. The van der Waals surface area contributed by atoms with Gasteiger partial charge in [-0.15, -0.1) is 0 Å². The fourth-order valence-electron chi connectivity index (χ4n) is 2.16. The number of nitro groups is 1. The molecular weight excluding hydrogens is 312 g/mol. The molecule has 0 aliphatic carbocycles. The van der Waals surface area contributed by atoms with Crippen molar-refractivity contribution in [1.82, 2.24) is 9.97 Å². The van der Waals surface area contributed by atoms with E-state index in [1.165, 1.54) is 12.1 Å². The van der Waals surface area contributed by atoms with Gasteiger partial charge < -0.3 is 5.32 Å². The highest BCUT2D eigenvalue weighted by Gasteiger charge is 2.10. The van der Waals surface area contributed by atoms with Gasteiger partial charge in [-0.3, -0.25) is 10.1 Å². The molecule has 1 heterocycles. The number of aryl methyl sites for hydroxylation is 1. The molecule has 0 spiro atoms. The van der Waals surface area contributed by atoms with Gasteiger partial charge in [-0.1, -0.05) is 6.92 Å². The number of nitrogens with one attached hydrogen (secondary N) is 1. The molecule has 1 N–H and O–H groups in total. The monoisotopic (exact) mass is 332 g/mol. The number of aromatic nitrogens is 2. The van der Waals surface area contributed by atoms with E-state index >= 15 is 0 Å². The lowest BCUT2D eigenvalue weighted by atomic mass is 10.2. The van der Waals surface area contributed by atoms with Gasteiger partial charge in [0.1, 0.15) is 5.82 Å². The van der Waals surface area contributed by atoms with E-state index in [9.17, 15) is 10.1 Å². The summed E-state index contributed by atoms with van der Waals surface area (Å²) in [5.41, 5.74) is 1.77.